The van der Waals surface area contributed by atoms with E-state index in [2.05, 4.69) is 34.5 Å². The normalized spacial score (nSPS) is 12.9. The Morgan fingerprint density at radius 3 is 2.32 bits per heavy atom. The summed E-state index contributed by atoms with van der Waals surface area (Å²) in [5.41, 5.74) is 5.51. The molecule has 5 N–H and O–H groups in total. The number of carbonyl (C=O) groups is 1. The number of aliphatic hydroxyl groups excluding tert-OH is 1. The van der Waals surface area contributed by atoms with Crippen molar-refractivity contribution in [1.29, 1.82) is 0 Å². The Morgan fingerprint density at radius 1 is 1.08 bits per heavy atom. The summed E-state index contributed by atoms with van der Waals surface area (Å²) in [6.45, 7) is 8.17. The largest absolute Gasteiger partial charge is 0.487 e. The molecular formula is C27H36N4O5S. The third kappa shape index (κ3) is 9.66. The van der Waals surface area contributed by atoms with Gasteiger partial charge in [-0.15, -0.1) is 11.3 Å². The molecule has 1 aromatic heterocycles. The lowest BCUT2D eigenvalue weighted by Crippen LogP contribution is -2.49. The zero-order valence-corrected chi connectivity index (χ0v) is 22.2. The van der Waals surface area contributed by atoms with Gasteiger partial charge in [0, 0.05) is 25.0 Å². The smallest absolute Gasteiger partial charge is 0.404 e. The molecule has 0 bridgehead atoms. The van der Waals surface area contributed by atoms with Gasteiger partial charge >= 0.3 is 6.09 Å². The molecule has 200 valence electrons. The minimum Gasteiger partial charge on any atom is -0.487 e. The van der Waals surface area contributed by atoms with Crippen molar-refractivity contribution in [1.82, 2.24) is 15.2 Å². The van der Waals surface area contributed by atoms with Crippen LogP contribution in [0.2, 0.25) is 0 Å². The maximum absolute atomic E-state index is 11.5. The number of hydrogen-bond acceptors (Lipinski definition) is 8. The average molecular weight is 529 g/mol. The molecular weight excluding hydrogens is 492 g/mol. The first-order chi connectivity index (χ1) is 17.7. The molecule has 37 heavy (non-hydrogen) atoms. The van der Waals surface area contributed by atoms with E-state index in [1.807, 2.05) is 48.7 Å². The molecule has 0 radical (unpaired) electrons. The molecule has 0 spiro atoms. The fourth-order valence-electron chi connectivity index (χ4n) is 4.10. The Bertz CT molecular complexity index is 1100. The number of carboxylic acid groups (broad SMARTS) is 1. The summed E-state index contributed by atoms with van der Waals surface area (Å²) < 4.78 is 5.80. The topological polar surface area (TPSA) is 127 Å². The van der Waals surface area contributed by atoms with Crippen molar-refractivity contribution in [2.75, 3.05) is 18.6 Å². The number of anilines is 1. The summed E-state index contributed by atoms with van der Waals surface area (Å²) >= 11 is 1.58. The third-order valence-electron chi connectivity index (χ3n) is 5.76. The quantitative estimate of drug-likeness (QED) is 0.193. The maximum Gasteiger partial charge on any atom is 0.404 e. The van der Waals surface area contributed by atoms with Gasteiger partial charge < -0.3 is 20.3 Å². The van der Waals surface area contributed by atoms with Crippen LogP contribution >= 0.6 is 11.3 Å². The first-order valence-electron chi connectivity index (χ1n) is 12.2. The van der Waals surface area contributed by atoms with E-state index >= 15 is 0 Å². The van der Waals surface area contributed by atoms with Crippen molar-refractivity contribution < 1.29 is 25.0 Å². The van der Waals surface area contributed by atoms with Gasteiger partial charge in [0.1, 0.15) is 12.4 Å². The van der Waals surface area contributed by atoms with Gasteiger partial charge in [0.05, 0.1) is 28.5 Å². The first-order valence-corrected chi connectivity index (χ1v) is 13.1. The van der Waals surface area contributed by atoms with E-state index in [0.29, 0.717) is 43.5 Å². The van der Waals surface area contributed by atoms with Crippen LogP contribution in [0, 0.1) is 12.8 Å². The summed E-state index contributed by atoms with van der Waals surface area (Å²) in [4.78, 5) is 18.0. The predicted octanol–water partition coefficient (Wildman–Crippen LogP) is 4.53. The number of ether oxygens (including phenoxy) is 1. The van der Waals surface area contributed by atoms with Crippen LogP contribution in [-0.4, -0.2) is 56.6 Å². The van der Waals surface area contributed by atoms with Crippen molar-refractivity contribution in [3.63, 3.8) is 0 Å². The molecule has 3 rings (SSSR count). The highest BCUT2D eigenvalue weighted by Gasteiger charge is 2.24. The summed E-state index contributed by atoms with van der Waals surface area (Å²) in [7, 11) is 0. The van der Waals surface area contributed by atoms with Gasteiger partial charge in [-0.05, 0) is 54.7 Å². The van der Waals surface area contributed by atoms with Gasteiger partial charge in [0.25, 0.3) is 0 Å². The number of aryl methyl sites for hydroxylation is 1. The standard InChI is InChI=1S/C27H36N4O5S/c1-18(2)13-31(14-21-4-8-22(30-35)9-5-21)15-26(32)25(29-27(33)34)12-20-6-10-24(11-7-20)36-16-23-17-37-19(3)28-23/h4-11,17-18,25-26,29-30,32,35H,12-16H2,1-3H3,(H,33,34)/t25-,26-/m0/s1. The molecule has 2 aromatic carbocycles. The van der Waals surface area contributed by atoms with Crippen LogP contribution < -0.4 is 15.5 Å². The molecule has 0 fully saturated rings. The van der Waals surface area contributed by atoms with Crippen LogP contribution in [-0.2, 0) is 19.6 Å². The number of benzene rings is 2. The van der Waals surface area contributed by atoms with Crippen molar-refractivity contribution in [3.05, 3.63) is 75.7 Å². The monoisotopic (exact) mass is 528 g/mol. The summed E-state index contributed by atoms with van der Waals surface area (Å²) in [5.74, 6) is 1.06. The molecule has 0 saturated heterocycles. The number of amides is 1. The maximum atomic E-state index is 11.5. The molecule has 1 amide bonds. The highest BCUT2D eigenvalue weighted by Crippen LogP contribution is 2.18. The van der Waals surface area contributed by atoms with E-state index in [4.69, 9.17) is 9.94 Å². The van der Waals surface area contributed by atoms with Gasteiger partial charge in [-0.3, -0.25) is 15.6 Å². The molecule has 0 aliphatic rings. The van der Waals surface area contributed by atoms with Crippen LogP contribution in [0.15, 0.2) is 53.9 Å². The minimum atomic E-state index is -1.18. The van der Waals surface area contributed by atoms with Crippen molar-refractivity contribution in [2.45, 2.75) is 52.5 Å². The second-order valence-corrected chi connectivity index (χ2v) is 10.6. The van der Waals surface area contributed by atoms with Gasteiger partial charge in [0.2, 0.25) is 0 Å². The molecule has 9 nitrogen and oxygen atoms in total. The number of nitrogens with one attached hydrogen (secondary N) is 2. The fraction of sp³-hybridized carbons (Fsp3) is 0.407. The van der Waals surface area contributed by atoms with Crippen molar-refractivity contribution >= 4 is 23.1 Å². The van der Waals surface area contributed by atoms with Gasteiger partial charge in [-0.25, -0.2) is 9.78 Å². The van der Waals surface area contributed by atoms with Crippen molar-refractivity contribution in [3.8, 4) is 5.75 Å². The van der Waals surface area contributed by atoms with Gasteiger partial charge in [-0.2, -0.15) is 0 Å². The van der Waals surface area contributed by atoms with E-state index in [1.165, 1.54) is 0 Å². The number of nitrogens with zero attached hydrogens (tertiary/aromatic N) is 2. The highest BCUT2D eigenvalue weighted by molar-refractivity contribution is 7.09. The lowest BCUT2D eigenvalue weighted by molar-refractivity contribution is 0.0698. The second-order valence-electron chi connectivity index (χ2n) is 9.51. The fourth-order valence-corrected chi connectivity index (χ4v) is 4.70. The zero-order valence-electron chi connectivity index (χ0n) is 21.4. The molecule has 0 unspecified atom stereocenters. The van der Waals surface area contributed by atoms with Crippen LogP contribution in [0.3, 0.4) is 0 Å². The lowest BCUT2D eigenvalue weighted by atomic mass is 10.00. The van der Waals surface area contributed by atoms with Crippen molar-refractivity contribution in [2.24, 2.45) is 5.92 Å². The van der Waals surface area contributed by atoms with Crippen LogP contribution in [0.4, 0.5) is 10.5 Å². The number of hydrogen-bond donors (Lipinski definition) is 5. The second kappa shape index (κ2) is 13.9. The Labute approximate surface area is 221 Å². The molecule has 10 heteroatoms. The molecule has 0 aliphatic carbocycles. The Morgan fingerprint density at radius 2 is 1.76 bits per heavy atom. The van der Waals surface area contributed by atoms with E-state index in [0.717, 1.165) is 28.4 Å². The van der Waals surface area contributed by atoms with Crippen LogP contribution in [0.1, 0.15) is 35.7 Å². The zero-order chi connectivity index (χ0) is 26.8. The van der Waals surface area contributed by atoms with E-state index in [-0.39, 0.29) is 0 Å². The van der Waals surface area contributed by atoms with Gasteiger partial charge in [0.15, 0.2) is 0 Å². The SMILES string of the molecule is Cc1nc(COc2ccc(C[C@H](NC(=O)O)[C@@H](O)CN(Cc3ccc(NO)cc3)CC(C)C)cc2)cs1. The van der Waals surface area contributed by atoms with Crippen LogP contribution in [0.5, 0.6) is 5.75 Å². The molecule has 2 atom stereocenters. The molecule has 0 saturated carbocycles. The number of aliphatic hydroxyl groups is 1. The number of rotatable bonds is 14. The minimum absolute atomic E-state index is 0.303. The van der Waals surface area contributed by atoms with E-state index in [9.17, 15) is 15.0 Å². The van der Waals surface area contributed by atoms with Gasteiger partial charge in [-0.1, -0.05) is 38.1 Å². The number of thiazole rings is 1. The third-order valence-corrected chi connectivity index (χ3v) is 6.59. The Balaban J connectivity index is 1.63. The van der Waals surface area contributed by atoms with E-state index in [1.54, 1.807) is 23.5 Å². The Hall–Kier alpha value is -3.18. The van der Waals surface area contributed by atoms with E-state index < -0.39 is 18.2 Å². The summed E-state index contributed by atoms with van der Waals surface area (Å²) in [5, 5.41) is 35.0. The average Bonchev–Trinajstić information content (AvgIpc) is 3.28. The Kier molecular flexibility index (Phi) is 10.7. The summed E-state index contributed by atoms with van der Waals surface area (Å²) in [6.07, 6.45) is -1.76. The molecule has 1 heterocycles. The summed E-state index contributed by atoms with van der Waals surface area (Å²) in [6, 6.07) is 14.1. The molecule has 0 aliphatic heterocycles. The highest BCUT2D eigenvalue weighted by atomic mass is 32.1. The number of aromatic nitrogens is 1. The van der Waals surface area contributed by atoms with Crippen LogP contribution in [0.25, 0.3) is 0 Å². The predicted molar refractivity (Wildman–Crippen MR) is 144 cm³/mol. The first kappa shape index (κ1) is 28.4. The lowest BCUT2D eigenvalue weighted by Gasteiger charge is -2.31. The molecule has 3 aromatic rings.